The molecule has 0 bridgehead atoms. The molecule has 0 fully saturated rings. The molecule has 0 saturated heterocycles. The van der Waals surface area contributed by atoms with E-state index in [-0.39, 0.29) is 18.7 Å². The summed E-state index contributed by atoms with van der Waals surface area (Å²) in [5.74, 6) is 0.854. The number of aromatic amines is 1. The number of nitrogens with zero attached hydrogens (tertiary/aromatic N) is 1. The largest absolute Gasteiger partial charge is 0.462 e. The van der Waals surface area contributed by atoms with Gasteiger partial charge in [-0.15, -0.1) is 0 Å². The van der Waals surface area contributed by atoms with E-state index in [1.807, 2.05) is 6.92 Å². The fraction of sp³-hybridized carbons (Fsp3) is 0.296. The van der Waals surface area contributed by atoms with Gasteiger partial charge >= 0.3 is 12.0 Å². The second-order valence-corrected chi connectivity index (χ2v) is 8.56. The first kappa shape index (κ1) is 25.9. The average molecular weight is 509 g/mol. The standard InChI is InChI=1S/C27H29FN4O5/c1-17-3-8-22(28)23(13-17)32-27(34)31-19-4-6-20(7-5-19)37-21-9-10-29-25(15-21)24-14-18(16-30-24)26(33)36-12-11-35-2/h3-4,6,9-10,13-16,22,30H,5,7-8,11-12H2,1-2H3,(H2,31,32,34). The van der Waals surface area contributed by atoms with Gasteiger partial charge in [0.15, 0.2) is 0 Å². The zero-order chi connectivity index (χ0) is 26.2. The van der Waals surface area contributed by atoms with Gasteiger partial charge in [-0.3, -0.25) is 4.98 Å². The van der Waals surface area contributed by atoms with E-state index in [1.165, 1.54) is 7.11 Å². The Labute approximate surface area is 214 Å². The van der Waals surface area contributed by atoms with Crippen molar-refractivity contribution in [3.63, 3.8) is 0 Å². The number of alkyl halides is 1. The minimum atomic E-state index is -1.22. The fourth-order valence-electron chi connectivity index (χ4n) is 3.78. The van der Waals surface area contributed by atoms with Gasteiger partial charge in [0.25, 0.3) is 0 Å². The Morgan fingerprint density at radius 2 is 2.05 bits per heavy atom. The van der Waals surface area contributed by atoms with Crippen LogP contribution in [0.4, 0.5) is 9.18 Å². The van der Waals surface area contributed by atoms with Gasteiger partial charge in [0.05, 0.1) is 29.3 Å². The molecular formula is C27H29FN4O5. The van der Waals surface area contributed by atoms with Crippen LogP contribution >= 0.6 is 0 Å². The van der Waals surface area contributed by atoms with E-state index < -0.39 is 18.2 Å². The van der Waals surface area contributed by atoms with Gasteiger partial charge in [-0.05, 0) is 43.7 Å². The van der Waals surface area contributed by atoms with E-state index in [9.17, 15) is 14.0 Å². The van der Waals surface area contributed by atoms with Gasteiger partial charge in [0.2, 0.25) is 0 Å². The Balaban J connectivity index is 1.33. The van der Waals surface area contributed by atoms with E-state index in [0.717, 1.165) is 11.3 Å². The smallest absolute Gasteiger partial charge is 0.339 e. The zero-order valence-electron chi connectivity index (χ0n) is 20.7. The highest BCUT2D eigenvalue weighted by molar-refractivity contribution is 5.90. The number of urea groups is 1. The van der Waals surface area contributed by atoms with Crippen LogP contribution in [-0.4, -0.2) is 48.5 Å². The first-order valence-electron chi connectivity index (χ1n) is 11.9. The highest BCUT2D eigenvalue weighted by Gasteiger charge is 2.19. The predicted octanol–water partition coefficient (Wildman–Crippen LogP) is 4.69. The lowest BCUT2D eigenvalue weighted by Crippen LogP contribution is -2.37. The molecule has 0 spiro atoms. The number of pyridine rings is 1. The minimum Gasteiger partial charge on any atom is -0.462 e. The molecule has 1 atom stereocenters. The van der Waals surface area contributed by atoms with E-state index in [0.29, 0.717) is 47.8 Å². The number of rotatable bonds is 9. The molecular weight excluding hydrogens is 479 g/mol. The number of hydrogen-bond donors (Lipinski definition) is 3. The molecule has 2 amide bonds. The second-order valence-electron chi connectivity index (χ2n) is 8.56. The zero-order valence-corrected chi connectivity index (χ0v) is 20.7. The van der Waals surface area contributed by atoms with Crippen LogP contribution in [0.3, 0.4) is 0 Å². The summed E-state index contributed by atoms with van der Waals surface area (Å²) in [5, 5.41) is 5.37. The Hall–Kier alpha value is -4.18. The van der Waals surface area contributed by atoms with Crippen molar-refractivity contribution in [2.45, 2.75) is 32.4 Å². The molecule has 2 heterocycles. The van der Waals surface area contributed by atoms with Crippen molar-refractivity contribution in [2.75, 3.05) is 20.3 Å². The maximum absolute atomic E-state index is 14.0. The maximum atomic E-state index is 14.0. The Bertz CT molecular complexity index is 1280. The van der Waals surface area contributed by atoms with E-state index in [1.54, 1.807) is 54.9 Å². The monoisotopic (exact) mass is 508 g/mol. The number of aromatic nitrogens is 2. The van der Waals surface area contributed by atoms with Crippen molar-refractivity contribution >= 4 is 12.0 Å². The quantitative estimate of drug-likeness (QED) is 0.334. The number of esters is 1. The van der Waals surface area contributed by atoms with E-state index in [2.05, 4.69) is 20.6 Å². The third-order valence-electron chi connectivity index (χ3n) is 5.71. The second kappa shape index (κ2) is 12.2. The summed E-state index contributed by atoms with van der Waals surface area (Å²) in [5.41, 5.74) is 3.52. The van der Waals surface area contributed by atoms with Gasteiger partial charge in [0.1, 0.15) is 24.3 Å². The average Bonchev–Trinajstić information content (AvgIpc) is 3.38. The summed E-state index contributed by atoms with van der Waals surface area (Å²) >= 11 is 0. The topological polar surface area (TPSA) is 115 Å². The fourth-order valence-corrected chi connectivity index (χ4v) is 3.78. The molecule has 2 aliphatic rings. The molecule has 0 saturated carbocycles. The molecule has 4 rings (SSSR count). The summed E-state index contributed by atoms with van der Waals surface area (Å²) < 4.78 is 30.0. The molecule has 2 aromatic heterocycles. The predicted molar refractivity (Wildman–Crippen MR) is 135 cm³/mol. The highest BCUT2D eigenvalue weighted by Crippen LogP contribution is 2.26. The number of amides is 2. The molecule has 37 heavy (non-hydrogen) atoms. The van der Waals surface area contributed by atoms with Crippen LogP contribution in [-0.2, 0) is 9.47 Å². The highest BCUT2D eigenvalue weighted by atomic mass is 19.1. The molecule has 10 heteroatoms. The number of ether oxygens (including phenoxy) is 3. The van der Waals surface area contributed by atoms with Crippen LogP contribution < -0.4 is 15.4 Å². The van der Waals surface area contributed by atoms with Gasteiger partial charge in [-0.25, -0.2) is 14.0 Å². The molecule has 3 N–H and O–H groups in total. The minimum absolute atomic E-state index is 0.177. The van der Waals surface area contributed by atoms with Gasteiger partial charge < -0.3 is 29.8 Å². The van der Waals surface area contributed by atoms with E-state index >= 15 is 0 Å². The summed E-state index contributed by atoms with van der Waals surface area (Å²) in [6.07, 6.45) is 10.3. The van der Waals surface area contributed by atoms with E-state index in [4.69, 9.17) is 14.2 Å². The molecule has 2 aromatic rings. The van der Waals surface area contributed by atoms with Crippen molar-refractivity contribution in [1.29, 1.82) is 0 Å². The van der Waals surface area contributed by atoms with Gasteiger partial charge in [-0.1, -0.05) is 11.6 Å². The maximum Gasteiger partial charge on any atom is 0.339 e. The third kappa shape index (κ3) is 7.17. The first-order valence-corrected chi connectivity index (χ1v) is 11.9. The first-order chi connectivity index (χ1) is 17.9. The van der Waals surface area contributed by atoms with Crippen LogP contribution in [0.2, 0.25) is 0 Å². The molecule has 2 aliphatic carbocycles. The van der Waals surface area contributed by atoms with Crippen molar-refractivity contribution in [3.8, 4) is 17.1 Å². The Kier molecular flexibility index (Phi) is 8.52. The Morgan fingerprint density at radius 3 is 2.84 bits per heavy atom. The van der Waals surface area contributed by atoms with Crippen LogP contribution in [0.15, 0.2) is 77.6 Å². The number of nitrogens with one attached hydrogen (secondary N) is 3. The molecule has 0 radical (unpaired) electrons. The van der Waals surface area contributed by atoms with Crippen molar-refractivity contribution < 1.29 is 28.2 Å². The van der Waals surface area contributed by atoms with Crippen LogP contribution in [0.5, 0.6) is 5.75 Å². The number of allylic oxidation sites excluding steroid dienone is 8. The normalized spacial score (nSPS) is 17.1. The molecule has 194 valence electrons. The summed E-state index contributed by atoms with van der Waals surface area (Å²) in [6.45, 7) is 2.37. The van der Waals surface area contributed by atoms with Crippen molar-refractivity contribution in [2.24, 2.45) is 0 Å². The SMILES string of the molecule is COCCOC(=O)c1c[nH]c(-c2cc(OC3=CC=C(NC(=O)NC4=CC(C)=CCC4F)CC3)ccn2)c1. The summed E-state index contributed by atoms with van der Waals surface area (Å²) in [6, 6.07) is 4.69. The summed E-state index contributed by atoms with van der Waals surface area (Å²) in [4.78, 5) is 31.8. The molecule has 0 aliphatic heterocycles. The lowest BCUT2D eigenvalue weighted by molar-refractivity contribution is 0.0388. The summed E-state index contributed by atoms with van der Waals surface area (Å²) in [7, 11) is 1.54. The molecule has 1 unspecified atom stereocenters. The number of carbonyl (C=O) groups excluding carboxylic acids is 2. The van der Waals surface area contributed by atoms with Crippen LogP contribution in [0, 0.1) is 0 Å². The number of carbonyl (C=O) groups is 2. The van der Waals surface area contributed by atoms with Crippen molar-refractivity contribution in [3.05, 3.63) is 83.2 Å². The van der Waals surface area contributed by atoms with Crippen LogP contribution in [0.25, 0.3) is 11.4 Å². The number of H-pyrrole nitrogens is 1. The number of halogens is 1. The lowest BCUT2D eigenvalue weighted by Gasteiger charge is -2.20. The Morgan fingerprint density at radius 1 is 1.19 bits per heavy atom. The van der Waals surface area contributed by atoms with Crippen LogP contribution in [0.1, 0.15) is 36.5 Å². The number of hydrogen-bond acceptors (Lipinski definition) is 6. The van der Waals surface area contributed by atoms with Gasteiger partial charge in [-0.2, -0.15) is 0 Å². The molecule has 0 aromatic carbocycles. The van der Waals surface area contributed by atoms with Crippen molar-refractivity contribution in [1.82, 2.24) is 20.6 Å². The number of methoxy groups -OCH3 is 1. The van der Waals surface area contributed by atoms with Gasteiger partial charge in [0, 0.05) is 44.1 Å². The third-order valence-corrected chi connectivity index (χ3v) is 5.71. The molecule has 9 nitrogen and oxygen atoms in total. The lowest BCUT2D eigenvalue weighted by atomic mass is 10.0.